The molecule has 0 aliphatic rings. The number of nitrogen functional groups attached to an aromatic ring is 1. The molecule has 0 bridgehead atoms. The van der Waals surface area contributed by atoms with E-state index < -0.39 is 5.97 Å². The molecule has 0 aromatic heterocycles. The van der Waals surface area contributed by atoms with E-state index in [-0.39, 0.29) is 5.56 Å². The number of nitrogens with one attached hydrogen (secondary N) is 1. The molecule has 2 rings (SSSR count). The minimum atomic E-state index is -0.993. The van der Waals surface area contributed by atoms with Crippen LogP contribution in [0, 0.1) is 0 Å². The van der Waals surface area contributed by atoms with Crippen LogP contribution in [0.4, 0.5) is 17.1 Å². The first-order chi connectivity index (χ1) is 9.61. The average Bonchev–Trinajstić information content (AvgIpc) is 2.43. The Morgan fingerprint density at radius 1 is 1.20 bits per heavy atom. The molecule has 2 aromatic rings. The van der Waals surface area contributed by atoms with Crippen molar-refractivity contribution in [2.24, 2.45) is 0 Å². The smallest absolute Gasteiger partial charge is 0.337 e. The van der Waals surface area contributed by atoms with Crippen molar-refractivity contribution in [3.8, 4) is 0 Å². The quantitative estimate of drug-likeness (QED) is 0.725. The van der Waals surface area contributed by atoms with Crippen LogP contribution in [-0.4, -0.2) is 11.1 Å². The van der Waals surface area contributed by atoms with Crippen molar-refractivity contribution in [1.29, 1.82) is 0 Å². The number of anilines is 3. The van der Waals surface area contributed by atoms with Crippen LogP contribution in [0.5, 0.6) is 0 Å². The fourth-order valence-corrected chi connectivity index (χ4v) is 2.12. The topological polar surface area (TPSA) is 75.3 Å². The highest BCUT2D eigenvalue weighted by Gasteiger charge is 2.11. The molecule has 0 saturated carbocycles. The minimum Gasteiger partial charge on any atom is -0.478 e. The summed E-state index contributed by atoms with van der Waals surface area (Å²) in [4.78, 5) is 11.3. The Bertz CT molecular complexity index is 624. The maximum atomic E-state index is 11.3. The molecule has 2 aromatic carbocycles. The maximum Gasteiger partial charge on any atom is 0.337 e. The van der Waals surface area contributed by atoms with Gasteiger partial charge in [0, 0.05) is 11.4 Å². The lowest BCUT2D eigenvalue weighted by Crippen LogP contribution is -2.05. The largest absolute Gasteiger partial charge is 0.478 e. The predicted molar refractivity (Wildman–Crippen MR) is 81.5 cm³/mol. The Labute approximate surface area is 118 Å². The Morgan fingerprint density at radius 3 is 2.65 bits per heavy atom. The first-order valence-corrected chi connectivity index (χ1v) is 6.59. The molecule has 0 radical (unpaired) electrons. The van der Waals surface area contributed by atoms with Gasteiger partial charge in [-0.3, -0.25) is 0 Å². The Kier molecular flexibility index (Phi) is 4.25. The van der Waals surface area contributed by atoms with Gasteiger partial charge in [-0.25, -0.2) is 4.79 Å². The molecule has 4 heteroatoms. The normalized spacial score (nSPS) is 10.2. The van der Waals surface area contributed by atoms with Crippen molar-refractivity contribution in [3.05, 3.63) is 53.6 Å². The fourth-order valence-electron chi connectivity index (χ4n) is 2.12. The second-order valence-electron chi connectivity index (χ2n) is 4.64. The van der Waals surface area contributed by atoms with Gasteiger partial charge in [0.25, 0.3) is 0 Å². The van der Waals surface area contributed by atoms with E-state index in [1.807, 2.05) is 24.3 Å². The number of hydrogen-bond donors (Lipinski definition) is 3. The van der Waals surface area contributed by atoms with Crippen LogP contribution in [0.15, 0.2) is 42.5 Å². The summed E-state index contributed by atoms with van der Waals surface area (Å²) in [6.07, 6.45) is 1.98. The number of carboxylic acid groups (broad SMARTS) is 1. The second-order valence-corrected chi connectivity index (χ2v) is 4.64. The average molecular weight is 270 g/mol. The van der Waals surface area contributed by atoms with Crippen LogP contribution < -0.4 is 11.1 Å². The van der Waals surface area contributed by atoms with Gasteiger partial charge in [-0.15, -0.1) is 0 Å². The molecule has 0 amide bonds. The molecule has 0 aliphatic carbocycles. The number of hydrogen-bond acceptors (Lipinski definition) is 3. The van der Waals surface area contributed by atoms with Crippen LogP contribution >= 0.6 is 0 Å². The zero-order valence-electron chi connectivity index (χ0n) is 11.4. The van der Waals surface area contributed by atoms with Crippen LogP contribution in [0.25, 0.3) is 0 Å². The van der Waals surface area contributed by atoms with Gasteiger partial charge in [0.15, 0.2) is 0 Å². The molecule has 20 heavy (non-hydrogen) atoms. The van der Waals surface area contributed by atoms with Crippen LogP contribution in [0.2, 0.25) is 0 Å². The van der Waals surface area contributed by atoms with Gasteiger partial charge in [-0.05, 0) is 36.2 Å². The fraction of sp³-hybridized carbons (Fsp3) is 0.188. The highest BCUT2D eigenvalue weighted by Crippen LogP contribution is 2.26. The molecule has 0 saturated heterocycles. The van der Waals surface area contributed by atoms with E-state index in [2.05, 4.69) is 12.2 Å². The van der Waals surface area contributed by atoms with Gasteiger partial charge in [0.05, 0.1) is 11.3 Å². The number of para-hydroxylation sites is 1. The molecule has 0 atom stereocenters. The number of carboxylic acids is 1. The number of nitrogens with two attached hydrogens (primary N) is 1. The second kappa shape index (κ2) is 6.10. The van der Waals surface area contributed by atoms with E-state index in [0.717, 1.165) is 18.5 Å². The predicted octanol–water partition coefficient (Wildman–Crippen LogP) is 3.66. The lowest BCUT2D eigenvalue weighted by molar-refractivity contribution is 0.0698. The van der Waals surface area contributed by atoms with Crippen LogP contribution in [0.1, 0.15) is 29.3 Å². The lowest BCUT2D eigenvalue weighted by atomic mass is 10.1. The number of aryl methyl sites for hydroxylation is 1. The number of carbonyl (C=O) groups is 1. The highest BCUT2D eigenvalue weighted by atomic mass is 16.4. The summed E-state index contributed by atoms with van der Waals surface area (Å²) in [5.74, 6) is -0.993. The highest BCUT2D eigenvalue weighted by molar-refractivity contribution is 5.96. The van der Waals surface area contributed by atoms with Crippen molar-refractivity contribution in [2.45, 2.75) is 19.8 Å². The Balaban J connectivity index is 2.37. The monoisotopic (exact) mass is 270 g/mol. The number of aromatic carboxylic acids is 1. The molecular formula is C16H18N2O2. The van der Waals surface area contributed by atoms with Gasteiger partial charge in [0.1, 0.15) is 0 Å². The lowest BCUT2D eigenvalue weighted by Gasteiger charge is -2.14. The van der Waals surface area contributed by atoms with Gasteiger partial charge >= 0.3 is 5.97 Å². The zero-order valence-corrected chi connectivity index (χ0v) is 11.4. The molecule has 0 unspecified atom stereocenters. The summed E-state index contributed by atoms with van der Waals surface area (Å²) in [5.41, 5.74) is 8.91. The van der Waals surface area contributed by atoms with E-state index in [9.17, 15) is 9.90 Å². The Hall–Kier alpha value is -2.49. The van der Waals surface area contributed by atoms with Gasteiger partial charge in [-0.1, -0.05) is 31.5 Å². The van der Waals surface area contributed by atoms with Crippen molar-refractivity contribution in [1.82, 2.24) is 0 Å². The summed E-state index contributed by atoms with van der Waals surface area (Å²) in [5, 5.41) is 12.4. The third-order valence-corrected chi connectivity index (χ3v) is 3.08. The summed E-state index contributed by atoms with van der Waals surface area (Å²) < 4.78 is 0. The van der Waals surface area contributed by atoms with E-state index in [1.54, 1.807) is 12.1 Å². The molecule has 0 aliphatic heterocycles. The van der Waals surface area contributed by atoms with E-state index in [0.29, 0.717) is 11.4 Å². The Morgan fingerprint density at radius 2 is 1.95 bits per heavy atom. The van der Waals surface area contributed by atoms with E-state index >= 15 is 0 Å². The standard InChI is InChI=1S/C16H18N2O2/c1-2-5-11-6-3-4-7-14(11)18-15-9-8-12(17)10-13(15)16(19)20/h3-4,6-10,18H,2,5,17H2,1H3,(H,19,20). The van der Waals surface area contributed by atoms with Gasteiger partial charge < -0.3 is 16.2 Å². The van der Waals surface area contributed by atoms with Gasteiger partial charge in [-0.2, -0.15) is 0 Å². The number of rotatable bonds is 5. The van der Waals surface area contributed by atoms with Crippen LogP contribution in [0.3, 0.4) is 0 Å². The summed E-state index contributed by atoms with van der Waals surface area (Å²) in [6, 6.07) is 12.8. The summed E-state index contributed by atoms with van der Waals surface area (Å²) in [7, 11) is 0. The first-order valence-electron chi connectivity index (χ1n) is 6.59. The SMILES string of the molecule is CCCc1ccccc1Nc1ccc(N)cc1C(=O)O. The van der Waals surface area contributed by atoms with Crippen LogP contribution in [-0.2, 0) is 6.42 Å². The third-order valence-electron chi connectivity index (χ3n) is 3.08. The molecule has 104 valence electrons. The van der Waals surface area contributed by atoms with Crippen molar-refractivity contribution in [2.75, 3.05) is 11.1 Å². The molecule has 4 nitrogen and oxygen atoms in total. The zero-order chi connectivity index (χ0) is 14.5. The molecular weight excluding hydrogens is 252 g/mol. The first kappa shape index (κ1) is 13.9. The molecule has 0 fully saturated rings. The van der Waals surface area contributed by atoms with E-state index in [1.165, 1.54) is 11.6 Å². The van der Waals surface area contributed by atoms with E-state index in [4.69, 9.17) is 5.73 Å². The molecule has 0 spiro atoms. The third kappa shape index (κ3) is 3.09. The molecule has 4 N–H and O–H groups in total. The molecule has 0 heterocycles. The van der Waals surface area contributed by atoms with Crippen molar-refractivity contribution < 1.29 is 9.90 Å². The van der Waals surface area contributed by atoms with Crippen molar-refractivity contribution >= 4 is 23.0 Å². The maximum absolute atomic E-state index is 11.3. The van der Waals surface area contributed by atoms with Crippen molar-refractivity contribution in [3.63, 3.8) is 0 Å². The number of benzene rings is 2. The summed E-state index contributed by atoms with van der Waals surface area (Å²) >= 11 is 0. The minimum absolute atomic E-state index is 0.177. The summed E-state index contributed by atoms with van der Waals surface area (Å²) in [6.45, 7) is 2.11. The van der Waals surface area contributed by atoms with Gasteiger partial charge in [0.2, 0.25) is 0 Å².